The summed E-state index contributed by atoms with van der Waals surface area (Å²) in [5.74, 6) is 0. The van der Waals surface area contributed by atoms with Gasteiger partial charge in [0.05, 0.1) is 0 Å². The molecule has 0 rings (SSSR count). The maximum atomic E-state index is 4.50. The zero-order chi connectivity index (χ0) is 20.7. The lowest BCUT2D eigenvalue weighted by atomic mass is 10.1. The van der Waals surface area contributed by atoms with Gasteiger partial charge in [0.25, 0.3) is 0 Å². The van der Waals surface area contributed by atoms with Crippen molar-refractivity contribution >= 4 is 12.4 Å². The molecule has 27 heavy (non-hydrogen) atoms. The predicted molar refractivity (Wildman–Crippen MR) is 135 cm³/mol. The van der Waals surface area contributed by atoms with Crippen LogP contribution in [0.5, 0.6) is 0 Å². The molecule has 0 aromatic rings. The van der Waals surface area contributed by atoms with Crippen LogP contribution in [0.25, 0.3) is 0 Å². The SMILES string of the molecule is CCCCCCCC.CCCCCCCC.CCCCCCCC.CN.Cl. The van der Waals surface area contributed by atoms with E-state index < -0.39 is 0 Å². The summed E-state index contributed by atoms with van der Waals surface area (Å²) in [6, 6.07) is 0. The molecule has 0 atom stereocenters. The van der Waals surface area contributed by atoms with Crippen molar-refractivity contribution in [3.63, 3.8) is 0 Å². The van der Waals surface area contributed by atoms with Crippen molar-refractivity contribution in [1.29, 1.82) is 0 Å². The number of hydrogen-bond donors (Lipinski definition) is 1. The second-order valence-electron chi connectivity index (χ2n) is 7.24. The van der Waals surface area contributed by atoms with Crippen molar-refractivity contribution < 1.29 is 0 Å². The lowest BCUT2D eigenvalue weighted by molar-refractivity contribution is 0.624. The van der Waals surface area contributed by atoms with E-state index in [0.29, 0.717) is 0 Å². The Kier molecular flexibility index (Phi) is 70.6. The fraction of sp³-hybridized carbons (Fsp3) is 1.00. The molecule has 0 fully saturated rings. The summed E-state index contributed by atoms with van der Waals surface area (Å²) in [5, 5.41) is 0. The monoisotopic (exact) mass is 409 g/mol. The van der Waals surface area contributed by atoms with Gasteiger partial charge >= 0.3 is 0 Å². The third-order valence-electron chi connectivity index (χ3n) is 4.37. The second kappa shape index (κ2) is 50.2. The average Bonchev–Trinajstić information content (AvgIpc) is 2.69. The van der Waals surface area contributed by atoms with Crippen LogP contribution in [0.1, 0.15) is 157 Å². The lowest BCUT2D eigenvalue weighted by Gasteiger charge is -1.93. The Bertz CT molecular complexity index is 116. The molecule has 0 aromatic heterocycles. The highest BCUT2D eigenvalue weighted by atomic mass is 35.5. The molecule has 0 amide bonds. The smallest absolute Gasteiger partial charge is 0.0195 e. The van der Waals surface area contributed by atoms with Gasteiger partial charge in [0, 0.05) is 0 Å². The van der Waals surface area contributed by atoms with Gasteiger partial charge in [-0.1, -0.05) is 157 Å². The van der Waals surface area contributed by atoms with Crippen LogP contribution >= 0.6 is 12.4 Å². The number of hydrogen-bond acceptors (Lipinski definition) is 1. The quantitative estimate of drug-likeness (QED) is 0.267. The largest absolute Gasteiger partial charge is 0.333 e. The van der Waals surface area contributed by atoms with Gasteiger partial charge in [0.15, 0.2) is 0 Å². The van der Waals surface area contributed by atoms with Crippen molar-refractivity contribution in [3.8, 4) is 0 Å². The molecular weight excluding hydrogens is 350 g/mol. The molecule has 2 heteroatoms. The van der Waals surface area contributed by atoms with Gasteiger partial charge in [-0.05, 0) is 7.05 Å². The highest BCUT2D eigenvalue weighted by molar-refractivity contribution is 5.85. The van der Waals surface area contributed by atoms with E-state index in [9.17, 15) is 0 Å². The molecule has 0 aliphatic carbocycles. The molecule has 2 N–H and O–H groups in total. The minimum atomic E-state index is 0. The first-order valence-electron chi connectivity index (χ1n) is 12.3. The van der Waals surface area contributed by atoms with Crippen molar-refractivity contribution in [2.75, 3.05) is 7.05 Å². The zero-order valence-corrected chi connectivity index (χ0v) is 21.5. The van der Waals surface area contributed by atoms with Gasteiger partial charge < -0.3 is 5.73 Å². The summed E-state index contributed by atoms with van der Waals surface area (Å²) in [6.07, 6.45) is 25.5. The van der Waals surface area contributed by atoms with Crippen LogP contribution in [-0.2, 0) is 0 Å². The van der Waals surface area contributed by atoms with E-state index in [1.807, 2.05) is 0 Å². The van der Waals surface area contributed by atoms with Gasteiger partial charge in [-0.25, -0.2) is 0 Å². The van der Waals surface area contributed by atoms with Crippen LogP contribution in [0.15, 0.2) is 0 Å². The molecule has 0 aliphatic heterocycles. The van der Waals surface area contributed by atoms with Crippen LogP contribution in [0.4, 0.5) is 0 Å². The van der Waals surface area contributed by atoms with Crippen LogP contribution < -0.4 is 5.73 Å². The van der Waals surface area contributed by atoms with E-state index in [1.165, 1.54) is 123 Å². The van der Waals surface area contributed by atoms with E-state index in [2.05, 4.69) is 47.3 Å². The van der Waals surface area contributed by atoms with Gasteiger partial charge in [0.2, 0.25) is 0 Å². The van der Waals surface area contributed by atoms with Crippen molar-refractivity contribution in [1.82, 2.24) is 0 Å². The van der Waals surface area contributed by atoms with Crippen molar-refractivity contribution in [2.24, 2.45) is 5.73 Å². The van der Waals surface area contributed by atoms with Gasteiger partial charge in [-0.15, -0.1) is 12.4 Å². The van der Waals surface area contributed by atoms with Crippen LogP contribution in [0.3, 0.4) is 0 Å². The standard InChI is InChI=1S/3C8H18.CH5N.ClH/c3*1-3-5-7-8-6-4-2;1-2;/h3*3-8H2,1-2H3;2H2,1H3;1H. The third-order valence-corrected chi connectivity index (χ3v) is 4.37. The van der Waals surface area contributed by atoms with E-state index in [4.69, 9.17) is 0 Å². The van der Waals surface area contributed by atoms with Crippen LogP contribution in [0, 0.1) is 0 Å². The molecule has 0 saturated heterocycles. The molecule has 0 bridgehead atoms. The average molecular weight is 410 g/mol. The number of halogens is 1. The first-order valence-corrected chi connectivity index (χ1v) is 12.3. The summed E-state index contributed by atoms with van der Waals surface area (Å²) in [5.41, 5.74) is 4.50. The first-order chi connectivity index (χ1) is 12.7. The van der Waals surface area contributed by atoms with E-state index in [0.717, 1.165) is 0 Å². The van der Waals surface area contributed by atoms with Crippen molar-refractivity contribution in [3.05, 3.63) is 0 Å². The molecular formula is C25H60ClN. The summed E-state index contributed by atoms with van der Waals surface area (Å²) < 4.78 is 0. The lowest BCUT2D eigenvalue weighted by Crippen LogP contribution is -1.73. The third kappa shape index (κ3) is 66.4. The van der Waals surface area contributed by atoms with Crippen molar-refractivity contribution in [2.45, 2.75) is 157 Å². The highest BCUT2D eigenvalue weighted by Gasteiger charge is 1.84. The van der Waals surface area contributed by atoms with Gasteiger partial charge in [-0.2, -0.15) is 0 Å². The first kappa shape index (κ1) is 37.9. The molecule has 0 heterocycles. The van der Waals surface area contributed by atoms with E-state index in [-0.39, 0.29) is 12.4 Å². The summed E-state index contributed by atoms with van der Waals surface area (Å²) in [4.78, 5) is 0. The number of unbranched alkanes of at least 4 members (excludes halogenated alkanes) is 15. The molecule has 0 unspecified atom stereocenters. The Morgan fingerprint density at radius 2 is 0.407 bits per heavy atom. The Morgan fingerprint density at radius 1 is 0.296 bits per heavy atom. The minimum Gasteiger partial charge on any atom is -0.333 e. The summed E-state index contributed by atoms with van der Waals surface area (Å²) >= 11 is 0. The maximum absolute atomic E-state index is 4.50. The highest BCUT2D eigenvalue weighted by Crippen LogP contribution is 2.04. The second-order valence-corrected chi connectivity index (χ2v) is 7.24. The number of nitrogens with two attached hydrogens (primary N) is 1. The Hall–Kier alpha value is 0.250. The Balaban J connectivity index is -0.0000000840. The molecule has 1 nitrogen and oxygen atoms in total. The van der Waals surface area contributed by atoms with Gasteiger partial charge in [-0.3, -0.25) is 0 Å². The van der Waals surface area contributed by atoms with Crippen LogP contribution in [0.2, 0.25) is 0 Å². The maximum Gasteiger partial charge on any atom is -0.0195 e. The Morgan fingerprint density at radius 3 is 0.481 bits per heavy atom. The van der Waals surface area contributed by atoms with E-state index >= 15 is 0 Å². The molecule has 0 saturated carbocycles. The summed E-state index contributed by atoms with van der Waals surface area (Å²) in [7, 11) is 1.50. The normalized spacial score (nSPS) is 8.89. The molecule has 0 radical (unpaired) electrons. The zero-order valence-electron chi connectivity index (χ0n) is 20.7. The van der Waals surface area contributed by atoms with E-state index in [1.54, 1.807) is 0 Å². The van der Waals surface area contributed by atoms with Gasteiger partial charge in [0.1, 0.15) is 0 Å². The summed E-state index contributed by atoms with van der Waals surface area (Å²) in [6.45, 7) is 13.5. The number of rotatable bonds is 15. The predicted octanol–water partition coefficient (Wildman–Crippen LogP) is 10.1. The molecule has 0 aromatic carbocycles. The molecule has 172 valence electrons. The Labute approximate surface area is 182 Å². The minimum absolute atomic E-state index is 0. The fourth-order valence-corrected chi connectivity index (χ4v) is 2.56. The molecule has 0 aliphatic rings. The topological polar surface area (TPSA) is 26.0 Å². The fourth-order valence-electron chi connectivity index (χ4n) is 2.56. The molecule has 0 spiro atoms. The van der Waals surface area contributed by atoms with Crippen LogP contribution in [-0.4, -0.2) is 7.05 Å².